The number of benzene rings is 1. The first kappa shape index (κ1) is 17.1. The zero-order chi connectivity index (χ0) is 15.8. The van der Waals surface area contributed by atoms with Gasteiger partial charge < -0.3 is 14.8 Å². The van der Waals surface area contributed by atoms with Crippen molar-refractivity contribution in [3.8, 4) is 11.5 Å². The molecule has 0 amide bonds. The topological polar surface area (TPSA) is 30.5 Å². The molecule has 1 aromatic carbocycles. The number of para-hydroxylation sites is 1. The zero-order valence-corrected chi connectivity index (χ0v) is 14.4. The van der Waals surface area contributed by atoms with Gasteiger partial charge in [-0.05, 0) is 31.2 Å². The average Bonchev–Trinajstić information content (AvgIpc) is 2.54. The summed E-state index contributed by atoms with van der Waals surface area (Å²) >= 11 is 0. The minimum Gasteiger partial charge on any atom is -0.493 e. The lowest BCUT2D eigenvalue weighted by Crippen LogP contribution is -2.30. The lowest BCUT2D eigenvalue weighted by molar-refractivity contribution is 0.268. The highest BCUT2D eigenvalue weighted by Crippen LogP contribution is 2.31. The number of nitrogens with one attached hydrogen (secondary N) is 1. The van der Waals surface area contributed by atoms with E-state index in [2.05, 4.69) is 25.2 Å². The lowest BCUT2D eigenvalue weighted by atomic mass is 9.95. The molecular formula is C19H31NO2. The van der Waals surface area contributed by atoms with Crippen molar-refractivity contribution < 1.29 is 9.47 Å². The minimum absolute atomic E-state index is 0.651. The van der Waals surface area contributed by atoms with E-state index in [0.717, 1.165) is 31.1 Å². The molecule has 3 nitrogen and oxygen atoms in total. The summed E-state index contributed by atoms with van der Waals surface area (Å²) in [4.78, 5) is 0. The van der Waals surface area contributed by atoms with Crippen molar-refractivity contribution in [3.05, 3.63) is 23.8 Å². The Kier molecular flexibility index (Phi) is 7.04. The standard InChI is InChI=1S/C19H31NO2/c1-15(2)12-13-22-19-16(8-7-11-18(19)21-3)14-20-17-9-5-4-6-10-17/h7-8,11,15,17,20H,4-6,9-10,12-14H2,1-3H3. The Bertz CT molecular complexity index is 439. The van der Waals surface area contributed by atoms with Crippen LogP contribution in [-0.2, 0) is 6.54 Å². The van der Waals surface area contributed by atoms with Gasteiger partial charge in [-0.1, -0.05) is 45.2 Å². The SMILES string of the molecule is COc1cccc(CNC2CCCCC2)c1OCCC(C)C. The van der Waals surface area contributed by atoms with Crippen molar-refractivity contribution in [2.75, 3.05) is 13.7 Å². The second kappa shape index (κ2) is 9.04. The molecule has 0 saturated heterocycles. The van der Waals surface area contributed by atoms with Crippen LogP contribution in [0.2, 0.25) is 0 Å². The van der Waals surface area contributed by atoms with Crippen LogP contribution in [0.3, 0.4) is 0 Å². The van der Waals surface area contributed by atoms with Gasteiger partial charge in [0.25, 0.3) is 0 Å². The summed E-state index contributed by atoms with van der Waals surface area (Å²) in [5, 5.41) is 3.69. The molecule has 0 aliphatic heterocycles. The van der Waals surface area contributed by atoms with E-state index in [1.807, 2.05) is 12.1 Å². The molecule has 0 bridgehead atoms. The molecule has 1 aromatic rings. The monoisotopic (exact) mass is 305 g/mol. The van der Waals surface area contributed by atoms with Gasteiger partial charge in [0.1, 0.15) is 0 Å². The summed E-state index contributed by atoms with van der Waals surface area (Å²) in [6, 6.07) is 6.83. The number of ether oxygens (including phenoxy) is 2. The van der Waals surface area contributed by atoms with E-state index >= 15 is 0 Å². The van der Waals surface area contributed by atoms with Crippen LogP contribution in [0.5, 0.6) is 11.5 Å². The molecule has 0 spiro atoms. The first-order valence-corrected chi connectivity index (χ1v) is 8.72. The van der Waals surface area contributed by atoms with Gasteiger partial charge in [-0.15, -0.1) is 0 Å². The Morgan fingerprint density at radius 1 is 1.18 bits per heavy atom. The molecule has 0 heterocycles. The van der Waals surface area contributed by atoms with E-state index in [4.69, 9.17) is 9.47 Å². The Morgan fingerprint density at radius 3 is 2.64 bits per heavy atom. The van der Waals surface area contributed by atoms with Gasteiger partial charge in [0.05, 0.1) is 13.7 Å². The first-order chi connectivity index (χ1) is 10.7. The van der Waals surface area contributed by atoms with Crippen molar-refractivity contribution in [1.82, 2.24) is 5.32 Å². The van der Waals surface area contributed by atoms with Crippen molar-refractivity contribution >= 4 is 0 Å². The summed E-state index contributed by atoms with van der Waals surface area (Å²) in [5.41, 5.74) is 1.20. The Morgan fingerprint density at radius 2 is 1.95 bits per heavy atom. The van der Waals surface area contributed by atoms with Crippen LogP contribution >= 0.6 is 0 Å². The smallest absolute Gasteiger partial charge is 0.165 e. The van der Waals surface area contributed by atoms with Crippen LogP contribution in [0, 0.1) is 5.92 Å². The van der Waals surface area contributed by atoms with Gasteiger partial charge >= 0.3 is 0 Å². The van der Waals surface area contributed by atoms with E-state index in [0.29, 0.717) is 12.0 Å². The molecule has 0 aromatic heterocycles. The van der Waals surface area contributed by atoms with E-state index in [9.17, 15) is 0 Å². The van der Waals surface area contributed by atoms with Crippen LogP contribution in [0.4, 0.5) is 0 Å². The quantitative estimate of drug-likeness (QED) is 0.764. The maximum atomic E-state index is 6.04. The van der Waals surface area contributed by atoms with Gasteiger partial charge in [-0.2, -0.15) is 0 Å². The van der Waals surface area contributed by atoms with Gasteiger partial charge in [0.15, 0.2) is 11.5 Å². The number of hydrogen-bond acceptors (Lipinski definition) is 3. The zero-order valence-electron chi connectivity index (χ0n) is 14.4. The highest BCUT2D eigenvalue weighted by atomic mass is 16.5. The molecule has 3 heteroatoms. The van der Waals surface area contributed by atoms with Crippen LogP contribution in [-0.4, -0.2) is 19.8 Å². The molecule has 1 fully saturated rings. The number of methoxy groups -OCH3 is 1. The maximum Gasteiger partial charge on any atom is 0.165 e. The predicted octanol–water partition coefficient (Wildman–Crippen LogP) is 4.54. The van der Waals surface area contributed by atoms with Crippen LogP contribution in [0.1, 0.15) is 57.9 Å². The van der Waals surface area contributed by atoms with Crippen molar-refractivity contribution in [3.63, 3.8) is 0 Å². The molecule has 22 heavy (non-hydrogen) atoms. The molecule has 0 unspecified atom stereocenters. The highest BCUT2D eigenvalue weighted by molar-refractivity contribution is 5.46. The van der Waals surface area contributed by atoms with E-state index in [-0.39, 0.29) is 0 Å². The van der Waals surface area contributed by atoms with Crippen LogP contribution < -0.4 is 14.8 Å². The molecular weight excluding hydrogens is 274 g/mol. The first-order valence-electron chi connectivity index (χ1n) is 8.72. The fraction of sp³-hybridized carbons (Fsp3) is 0.684. The van der Waals surface area contributed by atoms with Crippen LogP contribution in [0.25, 0.3) is 0 Å². The van der Waals surface area contributed by atoms with Gasteiger partial charge in [0.2, 0.25) is 0 Å². The van der Waals surface area contributed by atoms with Crippen molar-refractivity contribution in [2.45, 2.75) is 65.0 Å². The summed E-state index contributed by atoms with van der Waals surface area (Å²) < 4.78 is 11.5. The molecule has 2 rings (SSSR count). The van der Waals surface area contributed by atoms with Crippen molar-refractivity contribution in [1.29, 1.82) is 0 Å². The molecule has 124 valence electrons. The maximum absolute atomic E-state index is 6.04. The normalized spacial score (nSPS) is 16.0. The third-order valence-corrected chi connectivity index (χ3v) is 4.41. The number of hydrogen-bond donors (Lipinski definition) is 1. The average molecular weight is 305 g/mol. The predicted molar refractivity (Wildman–Crippen MR) is 91.7 cm³/mol. The van der Waals surface area contributed by atoms with Gasteiger partial charge in [0, 0.05) is 18.2 Å². The molecule has 0 atom stereocenters. The fourth-order valence-electron chi connectivity index (χ4n) is 2.98. The van der Waals surface area contributed by atoms with Gasteiger partial charge in [-0.3, -0.25) is 0 Å². The Labute approximate surface area is 135 Å². The Hall–Kier alpha value is -1.22. The minimum atomic E-state index is 0.651. The molecule has 1 saturated carbocycles. The highest BCUT2D eigenvalue weighted by Gasteiger charge is 2.15. The molecule has 1 aliphatic rings. The summed E-state index contributed by atoms with van der Waals surface area (Å²) in [7, 11) is 1.71. The largest absolute Gasteiger partial charge is 0.493 e. The van der Waals surface area contributed by atoms with E-state index in [1.165, 1.54) is 37.7 Å². The summed E-state index contributed by atoms with van der Waals surface area (Å²) in [5.74, 6) is 2.40. The summed E-state index contributed by atoms with van der Waals surface area (Å²) in [6.07, 6.45) is 7.76. The van der Waals surface area contributed by atoms with Crippen molar-refractivity contribution in [2.24, 2.45) is 5.92 Å². The van der Waals surface area contributed by atoms with Gasteiger partial charge in [-0.25, -0.2) is 0 Å². The lowest BCUT2D eigenvalue weighted by Gasteiger charge is -2.24. The second-order valence-electron chi connectivity index (χ2n) is 6.70. The Balaban J connectivity index is 1.98. The molecule has 0 radical (unpaired) electrons. The number of rotatable bonds is 8. The third-order valence-electron chi connectivity index (χ3n) is 4.41. The van der Waals surface area contributed by atoms with E-state index in [1.54, 1.807) is 7.11 Å². The molecule has 1 aliphatic carbocycles. The fourth-order valence-corrected chi connectivity index (χ4v) is 2.98. The van der Waals surface area contributed by atoms with Crippen LogP contribution in [0.15, 0.2) is 18.2 Å². The third kappa shape index (κ3) is 5.20. The summed E-state index contributed by atoms with van der Waals surface area (Å²) in [6.45, 7) is 6.04. The van der Waals surface area contributed by atoms with E-state index < -0.39 is 0 Å². The molecule has 1 N–H and O–H groups in total. The second-order valence-corrected chi connectivity index (χ2v) is 6.70.